The van der Waals surface area contributed by atoms with Crippen LogP contribution in [0.1, 0.15) is 58.2 Å². The lowest BCUT2D eigenvalue weighted by atomic mass is 9.99. The van der Waals surface area contributed by atoms with Crippen molar-refractivity contribution in [2.75, 3.05) is 20.1 Å². The van der Waals surface area contributed by atoms with Gasteiger partial charge in [0.2, 0.25) is 0 Å². The van der Waals surface area contributed by atoms with Crippen LogP contribution in [0, 0.1) is 12.8 Å². The number of unbranched alkanes of at least 4 members (excludes halogenated alkanes) is 2. The molecule has 2 N–H and O–H groups in total. The number of rotatable bonds is 11. The van der Waals surface area contributed by atoms with Crippen LogP contribution in [0.15, 0.2) is 17.4 Å². The lowest BCUT2D eigenvalue weighted by Gasteiger charge is -2.18. The molecule has 0 aliphatic carbocycles. The van der Waals surface area contributed by atoms with Gasteiger partial charge in [0, 0.05) is 39.1 Å². The fraction of sp³-hybridized carbons (Fsp3) is 0.778. The summed E-state index contributed by atoms with van der Waals surface area (Å²) in [4.78, 5) is 8.56. The molecule has 0 radical (unpaired) electrons. The summed E-state index contributed by atoms with van der Waals surface area (Å²) in [7, 11) is 1.84. The zero-order chi connectivity index (χ0) is 16.9. The van der Waals surface area contributed by atoms with Crippen molar-refractivity contribution in [1.29, 1.82) is 0 Å². The second-order valence-electron chi connectivity index (χ2n) is 6.17. The topological polar surface area (TPSA) is 54.2 Å². The third-order valence-corrected chi connectivity index (χ3v) is 4.37. The van der Waals surface area contributed by atoms with E-state index >= 15 is 0 Å². The Morgan fingerprint density at radius 2 is 2.09 bits per heavy atom. The Hall–Kier alpha value is -1.52. The van der Waals surface area contributed by atoms with Gasteiger partial charge in [0.1, 0.15) is 5.82 Å². The van der Waals surface area contributed by atoms with Crippen molar-refractivity contribution in [3.63, 3.8) is 0 Å². The van der Waals surface area contributed by atoms with Gasteiger partial charge in [0.15, 0.2) is 5.96 Å². The number of guanidine groups is 1. The number of nitrogens with one attached hydrogen (secondary N) is 2. The van der Waals surface area contributed by atoms with Crippen LogP contribution in [0.25, 0.3) is 0 Å². The minimum absolute atomic E-state index is 0.748. The largest absolute Gasteiger partial charge is 0.356 e. The van der Waals surface area contributed by atoms with Crippen molar-refractivity contribution in [3.05, 3.63) is 18.2 Å². The molecule has 0 spiro atoms. The molecule has 0 aromatic carbocycles. The second kappa shape index (κ2) is 12.0. The van der Waals surface area contributed by atoms with Crippen LogP contribution in [0.5, 0.6) is 0 Å². The summed E-state index contributed by atoms with van der Waals surface area (Å²) in [6, 6.07) is 0. The quantitative estimate of drug-likeness (QED) is 0.373. The molecule has 0 bridgehead atoms. The lowest BCUT2D eigenvalue weighted by molar-refractivity contribution is 0.443. The maximum absolute atomic E-state index is 4.32. The van der Waals surface area contributed by atoms with Crippen LogP contribution >= 0.6 is 0 Å². The van der Waals surface area contributed by atoms with Gasteiger partial charge in [-0.15, -0.1) is 0 Å². The highest BCUT2D eigenvalue weighted by molar-refractivity contribution is 5.79. The maximum Gasteiger partial charge on any atom is 0.190 e. The van der Waals surface area contributed by atoms with Crippen molar-refractivity contribution in [2.24, 2.45) is 10.9 Å². The number of aromatic nitrogens is 2. The minimum Gasteiger partial charge on any atom is -0.356 e. The van der Waals surface area contributed by atoms with Crippen LogP contribution in [0.3, 0.4) is 0 Å². The maximum atomic E-state index is 4.32. The molecule has 23 heavy (non-hydrogen) atoms. The molecule has 0 saturated heterocycles. The second-order valence-corrected chi connectivity index (χ2v) is 6.17. The van der Waals surface area contributed by atoms with Crippen molar-refractivity contribution in [3.8, 4) is 0 Å². The third-order valence-electron chi connectivity index (χ3n) is 4.37. The van der Waals surface area contributed by atoms with E-state index in [1.807, 2.05) is 26.4 Å². The molecule has 1 aromatic heterocycles. The monoisotopic (exact) mass is 321 g/mol. The van der Waals surface area contributed by atoms with Crippen LogP contribution in [0.4, 0.5) is 0 Å². The van der Waals surface area contributed by atoms with Gasteiger partial charge in [0.05, 0.1) is 0 Å². The molecule has 5 heteroatoms. The van der Waals surface area contributed by atoms with Crippen molar-refractivity contribution in [1.82, 2.24) is 20.2 Å². The van der Waals surface area contributed by atoms with Crippen molar-refractivity contribution in [2.45, 2.75) is 65.8 Å². The first-order valence-electron chi connectivity index (χ1n) is 9.13. The first-order valence-corrected chi connectivity index (χ1v) is 9.13. The number of imidazole rings is 1. The van der Waals surface area contributed by atoms with E-state index in [1.165, 1.54) is 25.7 Å². The van der Waals surface area contributed by atoms with E-state index in [-0.39, 0.29) is 0 Å². The van der Waals surface area contributed by atoms with Gasteiger partial charge < -0.3 is 15.2 Å². The number of hydrogen-bond acceptors (Lipinski definition) is 2. The van der Waals surface area contributed by atoms with E-state index < -0.39 is 0 Å². The highest BCUT2D eigenvalue weighted by atomic mass is 15.2. The van der Waals surface area contributed by atoms with Gasteiger partial charge in [-0.3, -0.25) is 4.99 Å². The third kappa shape index (κ3) is 8.05. The molecular formula is C18H35N5. The lowest BCUT2D eigenvalue weighted by Crippen LogP contribution is -2.40. The van der Waals surface area contributed by atoms with Crippen LogP contribution in [0.2, 0.25) is 0 Å². The van der Waals surface area contributed by atoms with Gasteiger partial charge in [-0.1, -0.05) is 33.1 Å². The molecule has 0 amide bonds. The molecule has 132 valence electrons. The molecule has 1 atom stereocenters. The van der Waals surface area contributed by atoms with Crippen LogP contribution in [-0.4, -0.2) is 35.6 Å². The molecular weight excluding hydrogens is 286 g/mol. The number of aryl methyl sites for hydroxylation is 2. The Bertz CT molecular complexity index is 438. The average Bonchev–Trinajstić information content (AvgIpc) is 2.97. The van der Waals surface area contributed by atoms with E-state index in [0.717, 1.165) is 50.2 Å². The first-order chi connectivity index (χ1) is 11.2. The fourth-order valence-corrected chi connectivity index (χ4v) is 2.66. The summed E-state index contributed by atoms with van der Waals surface area (Å²) < 4.78 is 2.20. The summed E-state index contributed by atoms with van der Waals surface area (Å²) >= 11 is 0. The molecule has 0 saturated carbocycles. The van der Waals surface area contributed by atoms with E-state index in [4.69, 9.17) is 0 Å². The highest BCUT2D eigenvalue weighted by Gasteiger charge is 2.06. The van der Waals surface area contributed by atoms with Gasteiger partial charge in [0.25, 0.3) is 0 Å². The Balaban J connectivity index is 2.15. The Morgan fingerprint density at radius 1 is 1.26 bits per heavy atom. The van der Waals surface area contributed by atoms with Gasteiger partial charge in [-0.25, -0.2) is 4.98 Å². The summed E-state index contributed by atoms with van der Waals surface area (Å²) in [5.74, 6) is 2.77. The van der Waals surface area contributed by atoms with E-state index in [2.05, 4.69) is 39.0 Å². The number of aliphatic imine (C=N–C) groups is 1. The van der Waals surface area contributed by atoms with E-state index in [9.17, 15) is 0 Å². The Labute approximate surface area is 142 Å². The molecule has 1 aromatic rings. The molecule has 1 heterocycles. The average molecular weight is 322 g/mol. The highest BCUT2D eigenvalue weighted by Crippen LogP contribution is 2.11. The summed E-state index contributed by atoms with van der Waals surface area (Å²) in [5.41, 5.74) is 0. The molecule has 0 aliphatic heterocycles. The molecule has 1 rings (SSSR count). The first kappa shape index (κ1) is 19.5. The minimum atomic E-state index is 0.748. The van der Waals surface area contributed by atoms with Crippen LogP contribution in [-0.2, 0) is 6.54 Å². The fourth-order valence-electron chi connectivity index (χ4n) is 2.66. The van der Waals surface area contributed by atoms with Gasteiger partial charge in [-0.05, 0) is 32.1 Å². The zero-order valence-corrected chi connectivity index (χ0v) is 15.4. The Kier molecular flexibility index (Phi) is 10.2. The Morgan fingerprint density at radius 3 is 2.70 bits per heavy atom. The predicted octanol–water partition coefficient (Wildman–Crippen LogP) is 3.35. The SMILES string of the molecule is CCCCC(CC)CNC(=NC)NCCCCn1ccnc1C. The molecule has 5 nitrogen and oxygen atoms in total. The normalized spacial score (nSPS) is 13.1. The number of nitrogens with zero attached hydrogens (tertiary/aromatic N) is 3. The van der Waals surface area contributed by atoms with Gasteiger partial charge >= 0.3 is 0 Å². The van der Waals surface area contributed by atoms with Crippen LogP contribution < -0.4 is 10.6 Å². The molecule has 1 unspecified atom stereocenters. The molecule has 0 aliphatic rings. The summed E-state index contributed by atoms with van der Waals surface area (Å²) in [6.45, 7) is 9.59. The standard InChI is InChI=1S/C18H35N5/c1-5-7-10-17(6-2)15-22-18(19-4)21-11-8-9-13-23-14-12-20-16(23)3/h12,14,17H,5-11,13,15H2,1-4H3,(H2,19,21,22). The van der Waals surface area contributed by atoms with Crippen molar-refractivity contribution >= 4 is 5.96 Å². The summed E-state index contributed by atoms with van der Waals surface area (Å²) in [6.07, 6.45) is 11.3. The van der Waals surface area contributed by atoms with Crippen molar-refractivity contribution < 1.29 is 0 Å². The van der Waals surface area contributed by atoms with E-state index in [0.29, 0.717) is 0 Å². The smallest absolute Gasteiger partial charge is 0.190 e. The van der Waals surface area contributed by atoms with E-state index in [1.54, 1.807) is 0 Å². The predicted molar refractivity (Wildman–Crippen MR) is 98.9 cm³/mol. The molecule has 0 fully saturated rings. The zero-order valence-electron chi connectivity index (χ0n) is 15.4. The number of hydrogen-bond donors (Lipinski definition) is 2. The summed E-state index contributed by atoms with van der Waals surface area (Å²) in [5, 5.41) is 6.88. The van der Waals surface area contributed by atoms with Gasteiger partial charge in [-0.2, -0.15) is 0 Å².